The van der Waals surface area contributed by atoms with Crippen LogP contribution in [0.15, 0.2) is 24.3 Å². The molecule has 0 unspecified atom stereocenters. The largest absolute Gasteiger partial charge is 0.416 e. The van der Waals surface area contributed by atoms with Gasteiger partial charge in [-0.15, -0.1) is 0 Å². The second kappa shape index (κ2) is 6.97. The number of amides is 2. The van der Waals surface area contributed by atoms with Gasteiger partial charge in [0.05, 0.1) is 5.56 Å². The van der Waals surface area contributed by atoms with Crippen molar-refractivity contribution < 1.29 is 22.8 Å². The molecule has 4 nitrogen and oxygen atoms in total. The van der Waals surface area contributed by atoms with E-state index in [2.05, 4.69) is 0 Å². The van der Waals surface area contributed by atoms with Crippen LogP contribution < -0.4 is 0 Å². The Morgan fingerprint density at radius 2 is 1.43 bits per heavy atom. The first-order valence-corrected chi connectivity index (χ1v) is 7.61. The zero-order valence-electron chi connectivity index (χ0n) is 11.8. The minimum atomic E-state index is -4.44. The molecule has 0 saturated carbocycles. The van der Waals surface area contributed by atoms with Crippen molar-refractivity contribution in [3.8, 4) is 0 Å². The Bertz CT molecular complexity index is 583. The Labute approximate surface area is 140 Å². The molecule has 1 aromatic rings. The number of rotatable bonds is 2. The highest BCUT2D eigenvalue weighted by atomic mass is 35.5. The predicted molar refractivity (Wildman–Crippen MR) is 79.4 cm³/mol. The van der Waals surface area contributed by atoms with Crippen LogP contribution in [0.25, 0.3) is 0 Å². The quantitative estimate of drug-likeness (QED) is 0.753. The lowest BCUT2D eigenvalue weighted by molar-refractivity contribution is -0.137. The average Bonchev–Trinajstić information content (AvgIpc) is 2.53. The van der Waals surface area contributed by atoms with Gasteiger partial charge in [-0.05, 0) is 24.3 Å². The number of alkyl halides is 5. The summed E-state index contributed by atoms with van der Waals surface area (Å²) in [7, 11) is 0. The minimum absolute atomic E-state index is 0.172. The van der Waals surface area contributed by atoms with Gasteiger partial charge >= 0.3 is 6.18 Å². The van der Waals surface area contributed by atoms with Crippen molar-refractivity contribution >= 4 is 35.0 Å². The van der Waals surface area contributed by atoms with E-state index in [4.69, 9.17) is 23.2 Å². The van der Waals surface area contributed by atoms with Crippen LogP contribution in [0.1, 0.15) is 15.9 Å². The maximum absolute atomic E-state index is 12.5. The van der Waals surface area contributed by atoms with E-state index in [9.17, 15) is 22.8 Å². The van der Waals surface area contributed by atoms with E-state index in [-0.39, 0.29) is 37.6 Å². The summed E-state index contributed by atoms with van der Waals surface area (Å²) in [5.74, 6) is -0.797. The fourth-order valence-electron chi connectivity index (χ4n) is 2.25. The highest BCUT2D eigenvalue weighted by Crippen LogP contribution is 2.29. The molecule has 1 heterocycles. The first kappa shape index (κ1) is 17.9. The maximum Gasteiger partial charge on any atom is 0.416 e. The van der Waals surface area contributed by atoms with E-state index in [1.807, 2.05) is 0 Å². The molecular formula is C14H13Cl2F3N2O2. The molecule has 0 bridgehead atoms. The maximum atomic E-state index is 12.5. The summed E-state index contributed by atoms with van der Waals surface area (Å²) in [5.41, 5.74) is -0.634. The lowest BCUT2D eigenvalue weighted by atomic mass is 10.1. The van der Waals surface area contributed by atoms with E-state index >= 15 is 0 Å². The van der Waals surface area contributed by atoms with Gasteiger partial charge < -0.3 is 9.80 Å². The van der Waals surface area contributed by atoms with Crippen LogP contribution >= 0.6 is 23.2 Å². The van der Waals surface area contributed by atoms with Crippen LogP contribution in [0.5, 0.6) is 0 Å². The van der Waals surface area contributed by atoms with Crippen molar-refractivity contribution in [2.24, 2.45) is 0 Å². The number of hydrogen-bond donors (Lipinski definition) is 0. The van der Waals surface area contributed by atoms with E-state index in [1.165, 1.54) is 9.80 Å². The fraction of sp³-hybridized carbons (Fsp3) is 0.429. The molecule has 0 atom stereocenters. The number of benzene rings is 1. The van der Waals surface area contributed by atoms with Crippen LogP contribution in [-0.2, 0) is 11.0 Å². The van der Waals surface area contributed by atoms with Crippen LogP contribution in [0.2, 0.25) is 0 Å². The van der Waals surface area contributed by atoms with Crippen molar-refractivity contribution in [3.05, 3.63) is 35.4 Å². The minimum Gasteiger partial charge on any atom is -0.337 e. The van der Waals surface area contributed by atoms with E-state index in [0.717, 1.165) is 24.3 Å². The smallest absolute Gasteiger partial charge is 0.337 e. The zero-order chi connectivity index (χ0) is 17.2. The van der Waals surface area contributed by atoms with Gasteiger partial charge in [-0.1, -0.05) is 23.2 Å². The summed E-state index contributed by atoms with van der Waals surface area (Å²) < 4.78 is 37.5. The second-order valence-electron chi connectivity index (χ2n) is 4.99. The van der Waals surface area contributed by atoms with E-state index < -0.39 is 22.5 Å². The molecule has 1 fully saturated rings. The number of carbonyl (C=O) groups excluding carboxylic acids is 2. The molecule has 2 rings (SSSR count). The van der Waals surface area contributed by atoms with Crippen LogP contribution in [0, 0.1) is 0 Å². The molecular weight excluding hydrogens is 356 g/mol. The summed E-state index contributed by atoms with van der Waals surface area (Å²) in [6.07, 6.45) is -4.44. The molecule has 0 aliphatic carbocycles. The Balaban J connectivity index is 1.99. The molecule has 23 heavy (non-hydrogen) atoms. The first-order valence-electron chi connectivity index (χ1n) is 6.73. The summed E-state index contributed by atoms with van der Waals surface area (Å²) in [4.78, 5) is 25.7. The van der Waals surface area contributed by atoms with Gasteiger partial charge in [-0.3, -0.25) is 9.59 Å². The molecule has 1 aliphatic heterocycles. The highest BCUT2D eigenvalue weighted by Gasteiger charge is 2.31. The van der Waals surface area contributed by atoms with Gasteiger partial charge in [-0.2, -0.15) is 13.2 Å². The number of hydrogen-bond acceptors (Lipinski definition) is 2. The second-order valence-corrected chi connectivity index (χ2v) is 6.09. The third-order valence-corrected chi connectivity index (χ3v) is 3.90. The average molecular weight is 369 g/mol. The normalized spacial score (nSPS) is 15.9. The predicted octanol–water partition coefficient (Wildman–Crippen LogP) is 2.79. The summed E-state index contributed by atoms with van der Waals surface area (Å²) in [5, 5.41) is 0. The van der Waals surface area contributed by atoms with Gasteiger partial charge in [0.1, 0.15) is 0 Å². The monoisotopic (exact) mass is 368 g/mol. The molecule has 126 valence electrons. The molecule has 1 saturated heterocycles. The van der Waals surface area contributed by atoms with Crippen molar-refractivity contribution in [3.63, 3.8) is 0 Å². The van der Waals surface area contributed by atoms with Gasteiger partial charge in [0.15, 0.2) is 4.84 Å². The van der Waals surface area contributed by atoms with Gasteiger partial charge in [0.25, 0.3) is 11.8 Å². The lowest BCUT2D eigenvalue weighted by Crippen LogP contribution is -2.51. The van der Waals surface area contributed by atoms with Crippen molar-refractivity contribution in [2.45, 2.75) is 11.0 Å². The number of piperazine rings is 1. The van der Waals surface area contributed by atoms with Gasteiger partial charge in [-0.25, -0.2) is 0 Å². The number of nitrogens with zero attached hydrogens (tertiary/aromatic N) is 2. The SMILES string of the molecule is O=C(c1ccc(C(F)(F)F)cc1)N1CCN(C(=O)C(Cl)Cl)CC1. The van der Waals surface area contributed by atoms with Crippen molar-refractivity contribution in [1.82, 2.24) is 9.80 Å². The molecule has 0 N–H and O–H groups in total. The molecule has 0 aromatic heterocycles. The summed E-state index contributed by atoms with van der Waals surface area (Å²) in [6, 6.07) is 4.05. The lowest BCUT2D eigenvalue weighted by Gasteiger charge is -2.35. The van der Waals surface area contributed by atoms with E-state index in [0.29, 0.717) is 0 Å². The molecule has 0 radical (unpaired) electrons. The van der Waals surface area contributed by atoms with Crippen molar-refractivity contribution in [1.29, 1.82) is 0 Å². The third-order valence-electron chi connectivity index (χ3n) is 3.52. The Hall–Kier alpha value is -1.47. The van der Waals surface area contributed by atoms with Gasteiger partial charge in [0, 0.05) is 31.7 Å². The van der Waals surface area contributed by atoms with E-state index in [1.54, 1.807) is 0 Å². The zero-order valence-corrected chi connectivity index (χ0v) is 13.3. The summed E-state index contributed by atoms with van der Waals surface area (Å²) >= 11 is 11.0. The molecule has 1 aliphatic rings. The fourth-order valence-corrected chi connectivity index (χ4v) is 2.53. The standard InChI is InChI=1S/C14H13Cl2F3N2O2/c15-11(16)13(23)21-7-5-20(6-8-21)12(22)9-1-3-10(4-2-9)14(17,18)19/h1-4,11H,5-8H2. The first-order chi connectivity index (χ1) is 10.7. The van der Waals surface area contributed by atoms with Crippen LogP contribution in [0.3, 0.4) is 0 Å². The molecule has 0 spiro atoms. The molecule has 9 heteroatoms. The van der Waals surface area contributed by atoms with Gasteiger partial charge in [0.2, 0.25) is 0 Å². The summed E-state index contributed by atoms with van der Waals surface area (Å²) in [6.45, 7) is 1.10. The molecule has 2 amide bonds. The Kier molecular flexibility index (Phi) is 5.41. The number of halogens is 5. The Morgan fingerprint density at radius 1 is 0.957 bits per heavy atom. The third kappa shape index (κ3) is 4.29. The number of carbonyl (C=O) groups is 2. The molecule has 1 aromatic carbocycles. The van der Waals surface area contributed by atoms with Crippen molar-refractivity contribution in [2.75, 3.05) is 26.2 Å². The Morgan fingerprint density at radius 3 is 1.87 bits per heavy atom. The highest BCUT2D eigenvalue weighted by molar-refractivity contribution is 6.53. The van der Waals surface area contributed by atoms with Crippen LogP contribution in [-0.4, -0.2) is 52.6 Å². The van der Waals surface area contributed by atoms with Crippen LogP contribution in [0.4, 0.5) is 13.2 Å². The topological polar surface area (TPSA) is 40.6 Å².